The molecule has 0 nitrogen and oxygen atoms in total. The molecule has 0 aliphatic rings. The van der Waals surface area contributed by atoms with Gasteiger partial charge in [-0.3, -0.25) is 0 Å². The summed E-state index contributed by atoms with van der Waals surface area (Å²) in [4.78, 5) is 0. The fourth-order valence-electron chi connectivity index (χ4n) is 1.21. The van der Waals surface area contributed by atoms with Crippen LogP contribution in [-0.2, 0) is 0 Å². The minimum absolute atomic E-state index is 0.134. The van der Waals surface area contributed by atoms with Crippen molar-refractivity contribution >= 4 is 37.4 Å². The number of hydrogen-bond acceptors (Lipinski definition) is 1. The van der Waals surface area contributed by atoms with Crippen molar-refractivity contribution in [1.82, 2.24) is 0 Å². The van der Waals surface area contributed by atoms with Gasteiger partial charge >= 0.3 is 0 Å². The maximum atomic E-state index is 13.2. The molecule has 1 aromatic carbocycles. The van der Waals surface area contributed by atoms with Crippen molar-refractivity contribution in [3.63, 3.8) is 0 Å². The summed E-state index contributed by atoms with van der Waals surface area (Å²) >= 11 is 4.78. The number of fused-ring (bicyclic) bond motifs is 1. The Morgan fingerprint density at radius 2 is 2.17 bits per heavy atom. The zero-order chi connectivity index (χ0) is 8.72. The van der Waals surface area contributed by atoms with Gasteiger partial charge in [0.05, 0.1) is 0 Å². The molecule has 62 valence electrons. The van der Waals surface area contributed by atoms with E-state index >= 15 is 0 Å². The summed E-state index contributed by atoms with van der Waals surface area (Å²) in [6.45, 7) is 1.99. The third-order valence-corrected chi connectivity index (χ3v) is 3.57. The van der Waals surface area contributed by atoms with Crippen LogP contribution in [0.4, 0.5) is 4.39 Å². The topological polar surface area (TPSA) is 0 Å². The Labute approximate surface area is 82.2 Å². The van der Waals surface area contributed by atoms with E-state index in [9.17, 15) is 4.39 Å². The third-order valence-electron chi connectivity index (χ3n) is 1.82. The lowest BCUT2D eigenvalue weighted by atomic mass is 10.2. The van der Waals surface area contributed by atoms with Crippen LogP contribution in [-0.4, -0.2) is 0 Å². The van der Waals surface area contributed by atoms with Gasteiger partial charge in [-0.15, -0.1) is 11.3 Å². The first-order valence-electron chi connectivity index (χ1n) is 3.52. The highest BCUT2D eigenvalue weighted by Gasteiger charge is 2.08. The fourth-order valence-corrected chi connectivity index (χ4v) is 2.78. The molecule has 0 aliphatic heterocycles. The second-order valence-electron chi connectivity index (χ2n) is 2.65. The zero-order valence-corrected chi connectivity index (χ0v) is 8.80. The number of hydrogen-bond donors (Lipinski definition) is 0. The maximum Gasteiger partial charge on any atom is 0.142 e. The van der Waals surface area contributed by atoms with E-state index in [1.807, 2.05) is 19.1 Å². The lowest BCUT2D eigenvalue weighted by Crippen LogP contribution is -1.75. The van der Waals surface area contributed by atoms with Crippen molar-refractivity contribution in [1.29, 1.82) is 0 Å². The van der Waals surface area contributed by atoms with Gasteiger partial charge in [0, 0.05) is 19.9 Å². The highest BCUT2D eigenvalue weighted by molar-refractivity contribution is 9.10. The normalized spacial score (nSPS) is 10.9. The van der Waals surface area contributed by atoms with E-state index in [1.54, 1.807) is 5.38 Å². The smallest absolute Gasteiger partial charge is 0.142 e. The number of halogens is 2. The molecule has 1 aromatic heterocycles. The predicted molar refractivity (Wildman–Crippen MR) is 54.2 cm³/mol. The molecule has 0 unspecified atom stereocenters. The molecular formula is C9H6BrFS. The van der Waals surface area contributed by atoms with E-state index < -0.39 is 0 Å². The van der Waals surface area contributed by atoms with Crippen LogP contribution in [0.3, 0.4) is 0 Å². The molecule has 0 fully saturated rings. The Hall–Kier alpha value is -0.410. The molecule has 0 amide bonds. The second kappa shape index (κ2) is 2.82. The first kappa shape index (κ1) is 8.20. The molecule has 2 rings (SSSR count). The molecule has 0 saturated heterocycles. The van der Waals surface area contributed by atoms with Crippen LogP contribution in [0.1, 0.15) is 5.56 Å². The standard InChI is InChI=1S/C9H6BrFS/c1-5-2-3-6(10)8-7(11)4-12-9(5)8/h2-4H,1H3. The molecule has 1 heterocycles. The van der Waals surface area contributed by atoms with E-state index in [4.69, 9.17) is 0 Å². The number of aryl methyl sites for hydroxylation is 1. The van der Waals surface area contributed by atoms with Gasteiger partial charge in [0.15, 0.2) is 0 Å². The molecule has 0 spiro atoms. The largest absolute Gasteiger partial charge is 0.205 e. The van der Waals surface area contributed by atoms with E-state index in [2.05, 4.69) is 15.9 Å². The molecule has 12 heavy (non-hydrogen) atoms. The Kier molecular flexibility index (Phi) is 1.93. The van der Waals surface area contributed by atoms with Gasteiger partial charge in [0.2, 0.25) is 0 Å². The van der Waals surface area contributed by atoms with Gasteiger partial charge < -0.3 is 0 Å². The summed E-state index contributed by atoms with van der Waals surface area (Å²) in [7, 11) is 0. The van der Waals surface area contributed by atoms with Gasteiger partial charge in [-0.25, -0.2) is 4.39 Å². The molecule has 0 saturated carbocycles. The van der Waals surface area contributed by atoms with Crippen molar-refractivity contribution in [3.05, 3.63) is 33.4 Å². The lowest BCUT2D eigenvalue weighted by molar-refractivity contribution is 0.644. The summed E-state index contributed by atoms with van der Waals surface area (Å²) in [6, 6.07) is 3.87. The molecule has 3 heteroatoms. The van der Waals surface area contributed by atoms with E-state index in [-0.39, 0.29) is 5.82 Å². The fraction of sp³-hybridized carbons (Fsp3) is 0.111. The van der Waals surface area contributed by atoms with Gasteiger partial charge in [0.25, 0.3) is 0 Å². The van der Waals surface area contributed by atoms with Crippen molar-refractivity contribution in [2.45, 2.75) is 6.92 Å². The minimum Gasteiger partial charge on any atom is -0.205 e. The highest BCUT2D eigenvalue weighted by Crippen LogP contribution is 2.33. The lowest BCUT2D eigenvalue weighted by Gasteiger charge is -1.97. The number of thiophene rings is 1. The van der Waals surface area contributed by atoms with Crippen LogP contribution in [0.5, 0.6) is 0 Å². The quantitative estimate of drug-likeness (QED) is 0.655. The molecule has 0 bridgehead atoms. The Bertz CT molecular complexity index is 433. The first-order chi connectivity index (χ1) is 5.70. The molecule has 0 aliphatic carbocycles. The average molecular weight is 245 g/mol. The summed E-state index contributed by atoms with van der Waals surface area (Å²) in [5, 5.41) is 2.25. The molecule has 2 aromatic rings. The van der Waals surface area contributed by atoms with E-state index in [0.29, 0.717) is 5.39 Å². The predicted octanol–water partition coefficient (Wildman–Crippen LogP) is 4.11. The van der Waals surface area contributed by atoms with Crippen molar-refractivity contribution in [3.8, 4) is 0 Å². The van der Waals surface area contributed by atoms with E-state index in [1.165, 1.54) is 11.3 Å². The van der Waals surface area contributed by atoms with Gasteiger partial charge in [0.1, 0.15) is 5.82 Å². The first-order valence-corrected chi connectivity index (χ1v) is 5.19. The molecular weight excluding hydrogens is 239 g/mol. The van der Waals surface area contributed by atoms with E-state index in [0.717, 1.165) is 14.7 Å². The van der Waals surface area contributed by atoms with Crippen LogP contribution < -0.4 is 0 Å². The summed E-state index contributed by atoms with van der Waals surface area (Å²) in [5.74, 6) is -0.134. The van der Waals surface area contributed by atoms with Gasteiger partial charge in [-0.1, -0.05) is 22.0 Å². The molecule has 0 atom stereocenters. The van der Waals surface area contributed by atoms with Crippen LogP contribution in [0.2, 0.25) is 0 Å². The number of benzene rings is 1. The summed E-state index contributed by atoms with van der Waals surface area (Å²) in [5.41, 5.74) is 1.13. The highest BCUT2D eigenvalue weighted by atomic mass is 79.9. The average Bonchev–Trinajstić information content (AvgIpc) is 2.42. The maximum absolute atomic E-state index is 13.2. The van der Waals surface area contributed by atoms with Crippen LogP contribution in [0, 0.1) is 12.7 Å². The SMILES string of the molecule is Cc1ccc(Br)c2c(F)csc12. The van der Waals surface area contributed by atoms with Crippen LogP contribution >= 0.6 is 27.3 Å². The monoisotopic (exact) mass is 244 g/mol. The summed E-state index contributed by atoms with van der Waals surface area (Å²) in [6.07, 6.45) is 0. The van der Waals surface area contributed by atoms with Gasteiger partial charge in [-0.05, 0) is 18.6 Å². The minimum atomic E-state index is -0.134. The second-order valence-corrected chi connectivity index (χ2v) is 4.39. The molecule has 0 radical (unpaired) electrons. The van der Waals surface area contributed by atoms with Crippen molar-refractivity contribution in [2.24, 2.45) is 0 Å². The third kappa shape index (κ3) is 1.08. The van der Waals surface area contributed by atoms with Crippen molar-refractivity contribution < 1.29 is 4.39 Å². The van der Waals surface area contributed by atoms with Crippen LogP contribution in [0.15, 0.2) is 22.0 Å². The Morgan fingerprint density at radius 3 is 2.83 bits per heavy atom. The Balaban J connectivity index is 2.98. The van der Waals surface area contributed by atoms with Crippen LogP contribution in [0.25, 0.3) is 10.1 Å². The summed E-state index contributed by atoms with van der Waals surface area (Å²) < 4.78 is 15.0. The Morgan fingerprint density at radius 1 is 1.42 bits per heavy atom. The molecule has 0 N–H and O–H groups in total. The zero-order valence-electron chi connectivity index (χ0n) is 6.40. The van der Waals surface area contributed by atoms with Crippen molar-refractivity contribution in [2.75, 3.05) is 0 Å². The number of rotatable bonds is 0. The van der Waals surface area contributed by atoms with Gasteiger partial charge in [-0.2, -0.15) is 0 Å².